The van der Waals surface area contributed by atoms with Crippen molar-refractivity contribution in [2.75, 3.05) is 20.3 Å². The summed E-state index contributed by atoms with van der Waals surface area (Å²) in [6.07, 6.45) is 3.48. The van der Waals surface area contributed by atoms with Gasteiger partial charge in [-0.15, -0.1) is 0 Å². The summed E-state index contributed by atoms with van der Waals surface area (Å²) in [6.45, 7) is 2.16. The third-order valence-electron chi connectivity index (χ3n) is 2.29. The van der Waals surface area contributed by atoms with Gasteiger partial charge in [-0.1, -0.05) is 5.16 Å². The quantitative estimate of drug-likeness (QED) is 0.766. The second-order valence-electron chi connectivity index (χ2n) is 3.59. The molecule has 0 aliphatic rings. The molecule has 0 saturated heterocycles. The van der Waals surface area contributed by atoms with Crippen molar-refractivity contribution in [3.05, 3.63) is 36.3 Å². The van der Waals surface area contributed by atoms with E-state index >= 15 is 0 Å². The van der Waals surface area contributed by atoms with Gasteiger partial charge in [-0.25, -0.2) is 0 Å². The van der Waals surface area contributed by atoms with E-state index in [-0.39, 0.29) is 0 Å². The lowest BCUT2D eigenvalue weighted by Gasteiger charge is -1.99. The molecular weight excluding hydrogens is 218 g/mol. The molecule has 0 fully saturated rings. The van der Waals surface area contributed by atoms with Crippen LogP contribution in [0.1, 0.15) is 5.69 Å². The van der Waals surface area contributed by atoms with Crippen LogP contribution in [0.2, 0.25) is 0 Å². The van der Waals surface area contributed by atoms with Crippen LogP contribution in [0.5, 0.6) is 0 Å². The van der Waals surface area contributed by atoms with Gasteiger partial charge >= 0.3 is 0 Å². The minimum atomic E-state index is 0.674. The monoisotopic (exact) mass is 233 g/mol. The first-order valence-electron chi connectivity index (χ1n) is 5.46. The highest BCUT2D eigenvalue weighted by molar-refractivity contribution is 5.55. The SMILES string of the molecule is COCCNCc1cc(-c2cccnc2)on1. The molecule has 0 aromatic carbocycles. The summed E-state index contributed by atoms with van der Waals surface area (Å²) in [5.74, 6) is 0.738. The first-order chi connectivity index (χ1) is 8.40. The highest BCUT2D eigenvalue weighted by Crippen LogP contribution is 2.18. The molecule has 2 aromatic heterocycles. The van der Waals surface area contributed by atoms with Gasteiger partial charge in [0.05, 0.1) is 12.3 Å². The predicted molar refractivity (Wildman–Crippen MR) is 63.3 cm³/mol. The maximum absolute atomic E-state index is 5.25. The van der Waals surface area contributed by atoms with E-state index in [1.54, 1.807) is 19.5 Å². The molecule has 0 atom stereocenters. The molecule has 5 heteroatoms. The minimum absolute atomic E-state index is 0.674. The van der Waals surface area contributed by atoms with Crippen molar-refractivity contribution in [2.45, 2.75) is 6.54 Å². The van der Waals surface area contributed by atoms with E-state index in [4.69, 9.17) is 9.26 Å². The Morgan fingerprint density at radius 3 is 3.18 bits per heavy atom. The van der Waals surface area contributed by atoms with Gasteiger partial charge < -0.3 is 14.6 Å². The highest BCUT2D eigenvalue weighted by Gasteiger charge is 2.05. The Labute approximate surface area is 99.8 Å². The maximum Gasteiger partial charge on any atom is 0.168 e. The largest absolute Gasteiger partial charge is 0.383 e. The summed E-state index contributed by atoms with van der Waals surface area (Å²) >= 11 is 0. The van der Waals surface area contributed by atoms with E-state index < -0.39 is 0 Å². The molecular formula is C12H15N3O2. The number of hydrogen-bond donors (Lipinski definition) is 1. The molecule has 17 heavy (non-hydrogen) atoms. The number of nitrogens with one attached hydrogen (secondary N) is 1. The van der Waals surface area contributed by atoms with E-state index in [1.807, 2.05) is 18.2 Å². The van der Waals surface area contributed by atoms with Crippen LogP contribution in [0.25, 0.3) is 11.3 Å². The Balaban J connectivity index is 1.92. The summed E-state index contributed by atoms with van der Waals surface area (Å²) in [4.78, 5) is 4.04. The van der Waals surface area contributed by atoms with Crippen LogP contribution in [0.3, 0.4) is 0 Å². The Kier molecular flexibility index (Phi) is 4.23. The summed E-state index contributed by atoms with van der Waals surface area (Å²) in [7, 11) is 1.68. The molecule has 5 nitrogen and oxygen atoms in total. The molecule has 0 radical (unpaired) electrons. The van der Waals surface area contributed by atoms with Gasteiger partial charge in [-0.2, -0.15) is 0 Å². The zero-order valence-corrected chi connectivity index (χ0v) is 9.72. The smallest absolute Gasteiger partial charge is 0.168 e. The average Bonchev–Trinajstić information content (AvgIpc) is 2.85. The van der Waals surface area contributed by atoms with Crippen LogP contribution < -0.4 is 5.32 Å². The van der Waals surface area contributed by atoms with Gasteiger partial charge in [0.1, 0.15) is 0 Å². The van der Waals surface area contributed by atoms with Gasteiger partial charge in [0.25, 0.3) is 0 Å². The van der Waals surface area contributed by atoms with Crippen molar-refractivity contribution in [3.63, 3.8) is 0 Å². The maximum atomic E-state index is 5.25. The van der Waals surface area contributed by atoms with Gasteiger partial charge in [-0.3, -0.25) is 4.98 Å². The van der Waals surface area contributed by atoms with Crippen molar-refractivity contribution in [3.8, 4) is 11.3 Å². The Hall–Kier alpha value is -1.72. The van der Waals surface area contributed by atoms with Gasteiger partial charge in [0.2, 0.25) is 0 Å². The number of aromatic nitrogens is 2. The molecule has 0 aliphatic heterocycles. The van der Waals surface area contributed by atoms with Crippen molar-refractivity contribution in [2.24, 2.45) is 0 Å². The van der Waals surface area contributed by atoms with Crippen LogP contribution in [0.15, 0.2) is 35.1 Å². The normalized spacial score (nSPS) is 10.6. The molecule has 0 aliphatic carbocycles. The molecule has 0 bridgehead atoms. The second-order valence-corrected chi connectivity index (χ2v) is 3.59. The number of hydrogen-bond acceptors (Lipinski definition) is 5. The first-order valence-corrected chi connectivity index (χ1v) is 5.46. The van der Waals surface area contributed by atoms with Crippen LogP contribution in [0.4, 0.5) is 0 Å². The van der Waals surface area contributed by atoms with Crippen molar-refractivity contribution in [1.29, 1.82) is 0 Å². The lowest BCUT2D eigenvalue weighted by molar-refractivity contribution is 0.199. The molecule has 90 valence electrons. The highest BCUT2D eigenvalue weighted by atomic mass is 16.5. The van der Waals surface area contributed by atoms with Crippen LogP contribution in [0, 0.1) is 0 Å². The topological polar surface area (TPSA) is 60.2 Å². The van der Waals surface area contributed by atoms with Crippen molar-refractivity contribution >= 4 is 0 Å². The molecule has 2 rings (SSSR count). The molecule has 0 saturated carbocycles. The van der Waals surface area contributed by atoms with Crippen molar-refractivity contribution < 1.29 is 9.26 Å². The van der Waals surface area contributed by atoms with Crippen LogP contribution in [-0.4, -0.2) is 30.4 Å². The van der Waals surface area contributed by atoms with Gasteiger partial charge in [-0.05, 0) is 12.1 Å². The number of ether oxygens (including phenoxy) is 1. The summed E-state index contributed by atoms with van der Waals surface area (Å²) < 4.78 is 10.2. The predicted octanol–water partition coefficient (Wildman–Crippen LogP) is 1.47. The molecule has 2 heterocycles. The fraction of sp³-hybridized carbons (Fsp3) is 0.333. The fourth-order valence-electron chi connectivity index (χ4n) is 1.43. The Bertz CT molecular complexity index is 442. The minimum Gasteiger partial charge on any atom is -0.383 e. The van der Waals surface area contributed by atoms with Crippen LogP contribution >= 0.6 is 0 Å². The summed E-state index contributed by atoms with van der Waals surface area (Å²) in [6, 6.07) is 5.72. The van der Waals surface area contributed by atoms with E-state index in [0.29, 0.717) is 13.2 Å². The third kappa shape index (κ3) is 3.37. The Morgan fingerprint density at radius 2 is 2.41 bits per heavy atom. The fourth-order valence-corrected chi connectivity index (χ4v) is 1.43. The number of rotatable bonds is 6. The number of methoxy groups -OCH3 is 1. The van der Waals surface area contributed by atoms with Crippen molar-refractivity contribution in [1.82, 2.24) is 15.5 Å². The summed E-state index contributed by atoms with van der Waals surface area (Å²) in [5.41, 5.74) is 1.81. The summed E-state index contributed by atoms with van der Waals surface area (Å²) in [5, 5.41) is 7.19. The standard InChI is InChI=1S/C12H15N3O2/c1-16-6-5-14-9-11-7-12(17-15-11)10-3-2-4-13-8-10/h2-4,7-8,14H,5-6,9H2,1H3. The number of nitrogens with zero attached hydrogens (tertiary/aromatic N) is 2. The second kappa shape index (κ2) is 6.12. The first kappa shape index (κ1) is 11.8. The molecule has 0 spiro atoms. The van der Waals surface area contributed by atoms with Gasteiger partial charge in [0, 0.05) is 44.2 Å². The van der Waals surface area contributed by atoms with Gasteiger partial charge in [0.15, 0.2) is 5.76 Å². The number of pyridine rings is 1. The lowest BCUT2D eigenvalue weighted by Crippen LogP contribution is -2.18. The average molecular weight is 233 g/mol. The molecule has 0 amide bonds. The molecule has 2 aromatic rings. The molecule has 0 unspecified atom stereocenters. The van der Waals surface area contributed by atoms with Crippen LogP contribution in [-0.2, 0) is 11.3 Å². The van der Waals surface area contributed by atoms with E-state index in [0.717, 1.165) is 23.6 Å². The molecule has 1 N–H and O–H groups in total. The Morgan fingerprint density at radius 1 is 1.47 bits per heavy atom. The zero-order valence-electron chi connectivity index (χ0n) is 9.72. The lowest BCUT2D eigenvalue weighted by atomic mass is 10.2. The van der Waals surface area contributed by atoms with E-state index in [9.17, 15) is 0 Å². The third-order valence-corrected chi connectivity index (χ3v) is 2.29. The van der Waals surface area contributed by atoms with E-state index in [2.05, 4.69) is 15.5 Å². The zero-order chi connectivity index (χ0) is 11.9. The van der Waals surface area contributed by atoms with E-state index in [1.165, 1.54) is 0 Å².